The molecule has 0 aliphatic heterocycles. The topological polar surface area (TPSA) is 97.4 Å². The molecule has 1 unspecified atom stereocenters. The fourth-order valence-electron chi connectivity index (χ4n) is 4.65. The van der Waals surface area contributed by atoms with Gasteiger partial charge in [-0.15, -0.1) is 6.58 Å². The van der Waals surface area contributed by atoms with E-state index in [-0.39, 0.29) is 17.7 Å². The van der Waals surface area contributed by atoms with Crippen molar-refractivity contribution in [1.82, 2.24) is 0 Å². The molecule has 8 nitrogen and oxygen atoms in total. The van der Waals surface area contributed by atoms with E-state index in [1.807, 2.05) is 36.4 Å². The van der Waals surface area contributed by atoms with Gasteiger partial charge in [0.1, 0.15) is 5.75 Å². The predicted molar refractivity (Wildman–Crippen MR) is 173 cm³/mol. The van der Waals surface area contributed by atoms with Crippen molar-refractivity contribution < 1.29 is 38.4 Å². The van der Waals surface area contributed by atoms with E-state index in [0.717, 1.165) is 62.9 Å². The summed E-state index contributed by atoms with van der Waals surface area (Å²) in [5, 5.41) is 0. The molecule has 0 saturated carbocycles. The van der Waals surface area contributed by atoms with Crippen molar-refractivity contribution >= 4 is 17.9 Å². The number of ether oxygens (including phenoxy) is 3. The van der Waals surface area contributed by atoms with Gasteiger partial charge in [-0.05, 0) is 86.2 Å². The van der Waals surface area contributed by atoms with Gasteiger partial charge in [-0.25, -0.2) is 19.4 Å². The molecule has 0 bridgehead atoms. The Bertz CT molecular complexity index is 1350. The lowest BCUT2D eigenvalue weighted by atomic mass is 9.90. The highest BCUT2D eigenvalue weighted by molar-refractivity contribution is 5.94. The first-order chi connectivity index (χ1) is 21.9. The van der Waals surface area contributed by atoms with E-state index in [0.29, 0.717) is 17.9 Å². The molecule has 0 aromatic heterocycles. The van der Waals surface area contributed by atoms with Crippen LogP contribution in [0.1, 0.15) is 91.0 Å². The van der Waals surface area contributed by atoms with Crippen LogP contribution < -0.4 is 4.74 Å². The Morgan fingerprint density at radius 1 is 0.756 bits per heavy atom. The number of esters is 1. The molecule has 0 radical (unpaired) electrons. The second kappa shape index (κ2) is 19.8. The number of rotatable bonds is 19. The smallest absolute Gasteiger partial charge is 0.386 e. The van der Waals surface area contributed by atoms with E-state index in [1.165, 1.54) is 6.42 Å². The van der Waals surface area contributed by atoms with Crippen LogP contribution in [-0.4, -0.2) is 44.3 Å². The lowest BCUT2D eigenvalue weighted by Gasteiger charge is -2.17. The van der Waals surface area contributed by atoms with Gasteiger partial charge in [0.15, 0.2) is 0 Å². The summed E-state index contributed by atoms with van der Waals surface area (Å²) in [6.45, 7) is 9.53. The third kappa shape index (κ3) is 11.9. The molecule has 0 spiro atoms. The van der Waals surface area contributed by atoms with Crippen molar-refractivity contribution in [2.45, 2.75) is 64.7 Å². The van der Waals surface area contributed by atoms with E-state index in [4.69, 9.17) is 24.0 Å². The third-order valence-electron chi connectivity index (χ3n) is 7.18. The number of unbranched alkanes of at least 4 members (excludes halogenated alkanes) is 5. The maximum Gasteiger partial charge on any atom is 0.386 e. The fraction of sp³-hybridized carbons (Fsp3) is 0.378. The van der Waals surface area contributed by atoms with Crippen molar-refractivity contribution in [3.63, 3.8) is 0 Å². The summed E-state index contributed by atoms with van der Waals surface area (Å²) in [4.78, 5) is 47.6. The normalized spacial score (nSPS) is 11.3. The highest BCUT2D eigenvalue weighted by Gasteiger charge is 2.23. The maximum absolute atomic E-state index is 12.8. The van der Waals surface area contributed by atoms with Gasteiger partial charge in [-0.1, -0.05) is 68.2 Å². The summed E-state index contributed by atoms with van der Waals surface area (Å²) >= 11 is 0. The molecule has 0 aliphatic rings. The Hall–Kier alpha value is -4.43. The van der Waals surface area contributed by atoms with Crippen LogP contribution in [0, 0.1) is 0 Å². The van der Waals surface area contributed by atoms with Gasteiger partial charge in [0, 0.05) is 13.2 Å². The zero-order valence-electron chi connectivity index (χ0n) is 26.3. The second-order valence-corrected chi connectivity index (χ2v) is 10.6. The van der Waals surface area contributed by atoms with Crippen molar-refractivity contribution in [3.05, 3.63) is 102 Å². The highest BCUT2D eigenvalue weighted by Crippen LogP contribution is 2.31. The molecule has 8 heteroatoms. The minimum Gasteiger partial charge on any atom is -0.494 e. The van der Waals surface area contributed by atoms with E-state index in [1.54, 1.807) is 56.3 Å². The Morgan fingerprint density at radius 2 is 1.38 bits per heavy atom. The average Bonchev–Trinajstić information content (AvgIpc) is 3.07. The average molecular weight is 617 g/mol. The first kappa shape index (κ1) is 35.1. The van der Waals surface area contributed by atoms with Gasteiger partial charge >= 0.3 is 17.9 Å². The van der Waals surface area contributed by atoms with Crippen LogP contribution in [0.2, 0.25) is 0 Å². The quantitative estimate of drug-likeness (QED) is 0.0437. The number of carbonyl (C=O) groups is 3. The summed E-state index contributed by atoms with van der Waals surface area (Å²) in [6.07, 6.45) is 9.38. The monoisotopic (exact) mass is 616 g/mol. The van der Waals surface area contributed by atoms with Crippen LogP contribution in [0.25, 0.3) is 11.1 Å². The van der Waals surface area contributed by atoms with Gasteiger partial charge in [-0.2, -0.15) is 0 Å². The molecule has 45 heavy (non-hydrogen) atoms. The van der Waals surface area contributed by atoms with E-state index >= 15 is 0 Å². The Labute approximate surface area is 266 Å². The highest BCUT2D eigenvalue weighted by atomic mass is 17.2. The van der Waals surface area contributed by atoms with E-state index in [2.05, 4.69) is 6.58 Å². The molecule has 3 aromatic carbocycles. The number of hydrogen-bond acceptors (Lipinski definition) is 8. The van der Waals surface area contributed by atoms with Gasteiger partial charge in [0.2, 0.25) is 0 Å². The van der Waals surface area contributed by atoms with E-state index < -0.39 is 23.8 Å². The summed E-state index contributed by atoms with van der Waals surface area (Å²) in [5.74, 6) is -2.09. The first-order valence-electron chi connectivity index (χ1n) is 15.6. The largest absolute Gasteiger partial charge is 0.494 e. The molecular formula is C37H44O8. The van der Waals surface area contributed by atoms with Crippen molar-refractivity contribution in [1.29, 1.82) is 0 Å². The Balaban J connectivity index is 1.45. The van der Waals surface area contributed by atoms with Crippen LogP contribution in [0.3, 0.4) is 0 Å². The summed E-state index contributed by atoms with van der Waals surface area (Å²) in [6, 6.07) is 20.8. The zero-order chi connectivity index (χ0) is 32.3. The van der Waals surface area contributed by atoms with Crippen LogP contribution in [0.5, 0.6) is 5.75 Å². The molecular weight excluding hydrogens is 572 g/mol. The molecule has 3 rings (SSSR count). The van der Waals surface area contributed by atoms with Gasteiger partial charge in [0.05, 0.1) is 30.3 Å². The van der Waals surface area contributed by atoms with Gasteiger partial charge in [-0.3, -0.25) is 4.79 Å². The Morgan fingerprint density at radius 3 is 2.04 bits per heavy atom. The number of hydrogen-bond donors (Lipinski definition) is 0. The standard InChI is InChI=1S/C37H44O8/c1-4-6-24-41-25-14-9-7-8-10-15-26-43-32-21-18-30(19-22-32)36(39)44-45-37(40)31-20-23-33(29-16-12-11-13-17-29)34(27-31)28(3)35(38)42-5-2/h4,11-13,16-23,27-28H,1,5-10,14-15,24-26H2,2-3H3. The van der Waals surface area contributed by atoms with Crippen molar-refractivity contribution in [3.8, 4) is 16.9 Å². The van der Waals surface area contributed by atoms with Crippen LogP contribution >= 0.6 is 0 Å². The van der Waals surface area contributed by atoms with Crippen molar-refractivity contribution in [2.24, 2.45) is 0 Å². The van der Waals surface area contributed by atoms with E-state index in [9.17, 15) is 14.4 Å². The van der Waals surface area contributed by atoms with Gasteiger partial charge < -0.3 is 14.2 Å². The first-order valence-corrected chi connectivity index (χ1v) is 15.6. The molecule has 0 fully saturated rings. The predicted octanol–water partition coefficient (Wildman–Crippen LogP) is 8.26. The second-order valence-electron chi connectivity index (χ2n) is 10.6. The molecule has 0 N–H and O–H groups in total. The minimum atomic E-state index is -0.864. The molecule has 0 saturated heterocycles. The maximum atomic E-state index is 12.8. The molecule has 1 atom stereocenters. The molecule has 0 aliphatic carbocycles. The van der Waals surface area contributed by atoms with Gasteiger partial charge in [0.25, 0.3) is 0 Å². The molecule has 240 valence electrons. The summed E-state index contributed by atoms with van der Waals surface area (Å²) in [7, 11) is 0. The lowest BCUT2D eigenvalue weighted by molar-refractivity contribution is -0.187. The van der Waals surface area contributed by atoms with Crippen LogP contribution in [-0.2, 0) is 24.0 Å². The summed E-state index contributed by atoms with van der Waals surface area (Å²) in [5.41, 5.74) is 2.60. The zero-order valence-corrected chi connectivity index (χ0v) is 26.3. The molecule has 0 amide bonds. The molecule has 3 aromatic rings. The van der Waals surface area contributed by atoms with Crippen molar-refractivity contribution in [2.75, 3.05) is 26.4 Å². The summed E-state index contributed by atoms with van der Waals surface area (Å²) < 4.78 is 16.5. The molecule has 0 heterocycles. The van der Waals surface area contributed by atoms with Crippen LogP contribution in [0.15, 0.2) is 85.5 Å². The minimum absolute atomic E-state index is 0.130. The number of carbonyl (C=O) groups excluding carboxylic acids is 3. The lowest BCUT2D eigenvalue weighted by Crippen LogP contribution is -2.16. The Kier molecular flexibility index (Phi) is 15.4. The fourth-order valence-corrected chi connectivity index (χ4v) is 4.65. The number of benzene rings is 3. The third-order valence-corrected chi connectivity index (χ3v) is 7.18. The SMILES string of the molecule is C=CCCOCCCCCCCCOc1ccc(C(=O)OOC(=O)c2ccc(-c3ccccc3)c(C(C)C(=O)OCC)c2)cc1. The van der Waals surface area contributed by atoms with Crippen LogP contribution in [0.4, 0.5) is 0 Å².